The van der Waals surface area contributed by atoms with Crippen LogP contribution in [0.15, 0.2) is 41.1 Å². The molecule has 5 atom stereocenters. The average Bonchev–Trinajstić information content (AvgIpc) is 3.37. The molecular formula is C27H43NO4. The Morgan fingerprint density at radius 2 is 1.97 bits per heavy atom. The second-order valence-corrected chi connectivity index (χ2v) is 9.29. The number of aliphatic hydroxyl groups excluding tert-OH is 3. The van der Waals surface area contributed by atoms with Gasteiger partial charge in [-0.3, -0.25) is 9.79 Å². The number of hydrogen-bond donors (Lipinski definition) is 3. The Hall–Kier alpha value is -1.56. The molecule has 2 rings (SSSR count). The van der Waals surface area contributed by atoms with Crippen molar-refractivity contribution in [2.24, 2.45) is 16.8 Å². The summed E-state index contributed by atoms with van der Waals surface area (Å²) in [5.41, 5.74) is 1.11. The second-order valence-electron chi connectivity index (χ2n) is 9.29. The van der Waals surface area contributed by atoms with Crippen LogP contribution in [0.4, 0.5) is 0 Å². The summed E-state index contributed by atoms with van der Waals surface area (Å²) in [5, 5.41) is 30.8. The fraction of sp³-hybridized carbons (Fsp3) is 0.704. The van der Waals surface area contributed by atoms with Gasteiger partial charge in [0.1, 0.15) is 5.78 Å². The molecule has 0 saturated heterocycles. The summed E-state index contributed by atoms with van der Waals surface area (Å²) >= 11 is 0. The van der Waals surface area contributed by atoms with Crippen LogP contribution in [-0.4, -0.2) is 45.6 Å². The highest BCUT2D eigenvalue weighted by atomic mass is 16.3. The zero-order chi connectivity index (χ0) is 23.2. The Balaban J connectivity index is 1.64. The van der Waals surface area contributed by atoms with E-state index in [1.165, 1.54) is 0 Å². The molecule has 1 aliphatic carbocycles. The summed E-state index contributed by atoms with van der Waals surface area (Å²) in [7, 11) is 0. The summed E-state index contributed by atoms with van der Waals surface area (Å²) < 4.78 is 0. The van der Waals surface area contributed by atoms with Gasteiger partial charge in [-0.1, -0.05) is 56.6 Å². The molecule has 0 aromatic heterocycles. The van der Waals surface area contributed by atoms with Crippen molar-refractivity contribution >= 4 is 12.0 Å². The van der Waals surface area contributed by atoms with Gasteiger partial charge < -0.3 is 15.3 Å². The van der Waals surface area contributed by atoms with Gasteiger partial charge in [-0.15, -0.1) is 0 Å². The number of carbonyl (C=O) groups is 1. The number of ketones is 1. The Labute approximate surface area is 194 Å². The van der Waals surface area contributed by atoms with Gasteiger partial charge in [0, 0.05) is 43.5 Å². The van der Waals surface area contributed by atoms with E-state index in [4.69, 9.17) is 0 Å². The lowest BCUT2D eigenvalue weighted by Gasteiger charge is -2.19. The van der Waals surface area contributed by atoms with E-state index in [2.05, 4.69) is 30.1 Å². The molecule has 5 heteroatoms. The summed E-state index contributed by atoms with van der Waals surface area (Å²) in [5.74, 6) is 0.156. The maximum absolute atomic E-state index is 12.0. The van der Waals surface area contributed by atoms with E-state index in [0.717, 1.165) is 63.5 Å². The molecule has 0 spiro atoms. The molecule has 0 bridgehead atoms. The van der Waals surface area contributed by atoms with Gasteiger partial charge >= 0.3 is 0 Å². The first kappa shape index (κ1) is 26.7. The van der Waals surface area contributed by atoms with E-state index >= 15 is 0 Å². The topological polar surface area (TPSA) is 90.1 Å². The number of nitrogens with zero attached hydrogens (tertiary/aromatic N) is 1. The monoisotopic (exact) mass is 445 g/mol. The molecule has 3 N–H and O–H groups in total. The summed E-state index contributed by atoms with van der Waals surface area (Å²) in [6.45, 7) is 2.14. The maximum Gasteiger partial charge on any atom is 0.132 e. The molecular weight excluding hydrogens is 402 g/mol. The summed E-state index contributed by atoms with van der Waals surface area (Å²) in [6.07, 6.45) is 21.0. The lowest BCUT2D eigenvalue weighted by atomic mass is 9.89. The highest BCUT2D eigenvalue weighted by molar-refractivity contribution is 5.78. The number of Topliss-reactive ketones (excluding diaryl/α,β-unsaturated/α-hetero) is 1. The zero-order valence-corrected chi connectivity index (χ0v) is 19.7. The lowest BCUT2D eigenvalue weighted by molar-refractivity contribution is -0.119. The van der Waals surface area contributed by atoms with Crippen molar-refractivity contribution in [3.63, 3.8) is 0 Å². The molecule has 0 unspecified atom stereocenters. The highest BCUT2D eigenvalue weighted by Crippen LogP contribution is 2.36. The van der Waals surface area contributed by atoms with Crippen LogP contribution in [0.25, 0.3) is 0 Å². The molecule has 0 radical (unpaired) electrons. The molecule has 1 heterocycles. The standard InChI is InChI=1S/C27H43NO4/c1-2-3-6-13-23(30)17-18-25-24(26(31)20-27(25)32)16-8-5-4-7-14-22(29)15-9-11-21-12-10-19-28-21/h5,8,12,17-19,23-27,30-32H,2-4,6-7,9-11,13-16,20H2,1H3/b8-5-,18-17+/t23-,24+,25+,26-,27+/m0/s1. The molecule has 2 aliphatic rings. The Bertz CT molecular complexity index is 667. The fourth-order valence-corrected chi connectivity index (χ4v) is 4.62. The summed E-state index contributed by atoms with van der Waals surface area (Å²) in [4.78, 5) is 16.3. The minimum atomic E-state index is -0.564. The van der Waals surface area contributed by atoms with Crippen LogP contribution in [-0.2, 0) is 4.79 Å². The smallest absolute Gasteiger partial charge is 0.132 e. The van der Waals surface area contributed by atoms with Gasteiger partial charge in [-0.2, -0.15) is 0 Å². The van der Waals surface area contributed by atoms with Gasteiger partial charge in [0.25, 0.3) is 0 Å². The molecule has 1 fully saturated rings. The Morgan fingerprint density at radius 1 is 1.16 bits per heavy atom. The van der Waals surface area contributed by atoms with E-state index in [-0.39, 0.29) is 11.8 Å². The SMILES string of the molecule is CCCCC[C@H](O)/C=C/[C@@H]1[C@@H](C/C=C\CCCC(=O)CCCC2=CCC=N2)[C@@H](O)C[C@H]1O. The number of aliphatic imine (C=N–C) groups is 1. The number of unbranched alkanes of at least 4 members (excludes halogenated alkanes) is 3. The first-order valence-electron chi connectivity index (χ1n) is 12.6. The third kappa shape index (κ3) is 9.93. The quantitative estimate of drug-likeness (QED) is 0.229. The van der Waals surface area contributed by atoms with Crippen LogP contribution >= 0.6 is 0 Å². The lowest BCUT2D eigenvalue weighted by Crippen LogP contribution is -2.20. The van der Waals surface area contributed by atoms with E-state index in [1.807, 2.05) is 12.3 Å². The maximum atomic E-state index is 12.0. The first-order chi connectivity index (χ1) is 15.5. The third-order valence-corrected chi connectivity index (χ3v) is 6.58. The normalized spacial score (nSPS) is 26.4. The first-order valence-corrected chi connectivity index (χ1v) is 12.6. The molecule has 32 heavy (non-hydrogen) atoms. The largest absolute Gasteiger partial charge is 0.393 e. The number of carbonyl (C=O) groups excluding carboxylic acids is 1. The molecule has 0 aromatic carbocycles. The fourth-order valence-electron chi connectivity index (χ4n) is 4.62. The van der Waals surface area contributed by atoms with Crippen molar-refractivity contribution in [2.45, 2.75) is 109 Å². The van der Waals surface area contributed by atoms with Gasteiger partial charge in [0.2, 0.25) is 0 Å². The van der Waals surface area contributed by atoms with Crippen molar-refractivity contribution in [2.75, 3.05) is 0 Å². The van der Waals surface area contributed by atoms with Crippen LogP contribution in [0, 0.1) is 11.8 Å². The number of aliphatic hydroxyl groups is 3. The van der Waals surface area contributed by atoms with Crippen LogP contribution in [0.2, 0.25) is 0 Å². The minimum absolute atomic E-state index is 0.0328. The van der Waals surface area contributed by atoms with Crippen LogP contribution in [0.5, 0.6) is 0 Å². The van der Waals surface area contributed by atoms with Crippen molar-refractivity contribution < 1.29 is 20.1 Å². The van der Waals surface area contributed by atoms with Crippen LogP contribution in [0.3, 0.4) is 0 Å². The molecule has 1 aliphatic heterocycles. The minimum Gasteiger partial charge on any atom is -0.393 e. The van der Waals surface area contributed by atoms with Crippen LogP contribution in [0.1, 0.15) is 90.4 Å². The number of rotatable bonds is 16. The molecule has 1 saturated carbocycles. The number of hydrogen-bond acceptors (Lipinski definition) is 5. The predicted octanol–water partition coefficient (Wildman–Crippen LogP) is 5.06. The highest BCUT2D eigenvalue weighted by Gasteiger charge is 2.39. The van der Waals surface area contributed by atoms with Gasteiger partial charge in [0.15, 0.2) is 0 Å². The van der Waals surface area contributed by atoms with E-state index < -0.39 is 18.3 Å². The third-order valence-electron chi connectivity index (χ3n) is 6.58. The van der Waals surface area contributed by atoms with Crippen molar-refractivity contribution in [3.05, 3.63) is 36.1 Å². The second kappa shape index (κ2) is 15.3. The van der Waals surface area contributed by atoms with E-state index in [0.29, 0.717) is 31.5 Å². The average molecular weight is 446 g/mol. The van der Waals surface area contributed by atoms with Crippen LogP contribution < -0.4 is 0 Å². The van der Waals surface area contributed by atoms with Gasteiger partial charge in [-0.25, -0.2) is 0 Å². The van der Waals surface area contributed by atoms with E-state index in [1.54, 1.807) is 6.08 Å². The zero-order valence-electron chi connectivity index (χ0n) is 19.7. The van der Waals surface area contributed by atoms with Gasteiger partial charge in [-0.05, 0) is 44.4 Å². The Morgan fingerprint density at radius 3 is 2.72 bits per heavy atom. The van der Waals surface area contributed by atoms with Crippen molar-refractivity contribution in [1.82, 2.24) is 0 Å². The van der Waals surface area contributed by atoms with Crippen molar-refractivity contribution in [3.8, 4) is 0 Å². The van der Waals surface area contributed by atoms with E-state index in [9.17, 15) is 20.1 Å². The summed E-state index contributed by atoms with van der Waals surface area (Å²) in [6, 6.07) is 0. The molecule has 180 valence electrons. The predicted molar refractivity (Wildman–Crippen MR) is 131 cm³/mol. The molecule has 5 nitrogen and oxygen atoms in total. The number of allylic oxidation sites excluding steroid dienone is 4. The molecule has 0 aromatic rings. The van der Waals surface area contributed by atoms with Crippen molar-refractivity contribution in [1.29, 1.82) is 0 Å². The van der Waals surface area contributed by atoms with Gasteiger partial charge in [0.05, 0.1) is 18.3 Å². The Kier molecular flexibility index (Phi) is 12.8. The molecule has 0 amide bonds.